The lowest BCUT2D eigenvalue weighted by atomic mass is 10.2. The summed E-state index contributed by atoms with van der Waals surface area (Å²) in [6.45, 7) is 3.06. The molecule has 0 bridgehead atoms. The molecule has 2 aromatic carbocycles. The third kappa shape index (κ3) is 3.72. The van der Waals surface area contributed by atoms with E-state index in [0.717, 1.165) is 15.6 Å². The number of halogens is 1. The van der Waals surface area contributed by atoms with Gasteiger partial charge in [-0.3, -0.25) is 4.72 Å². The van der Waals surface area contributed by atoms with Gasteiger partial charge in [0.2, 0.25) is 0 Å². The smallest absolute Gasteiger partial charge is 0.262 e. The van der Waals surface area contributed by atoms with Crippen LogP contribution in [0.4, 0.5) is 5.69 Å². The van der Waals surface area contributed by atoms with Crippen molar-refractivity contribution >= 4 is 38.3 Å². The average molecular weight is 445 g/mol. The van der Waals surface area contributed by atoms with E-state index in [2.05, 4.69) is 27.3 Å². The fourth-order valence-corrected chi connectivity index (χ4v) is 3.76. The highest BCUT2D eigenvalue weighted by Gasteiger charge is 2.19. The van der Waals surface area contributed by atoms with Gasteiger partial charge in [-0.1, -0.05) is 6.07 Å². The Morgan fingerprint density at radius 3 is 2.52 bits per heavy atom. The lowest BCUT2D eigenvalue weighted by molar-refractivity contribution is 0.297. The van der Waals surface area contributed by atoms with Crippen molar-refractivity contribution in [3.05, 3.63) is 45.5 Å². The van der Waals surface area contributed by atoms with Gasteiger partial charge < -0.3 is 9.47 Å². The first-order valence-electron chi connectivity index (χ1n) is 7.14. The van der Waals surface area contributed by atoms with Crippen LogP contribution in [0.1, 0.15) is 12.0 Å². The van der Waals surface area contributed by atoms with Crippen LogP contribution in [0, 0.1) is 10.5 Å². The number of fused-ring (bicyclic) bond motifs is 1. The van der Waals surface area contributed by atoms with E-state index in [1.165, 1.54) is 12.1 Å². The van der Waals surface area contributed by atoms with Crippen LogP contribution in [0.25, 0.3) is 0 Å². The molecule has 0 aromatic heterocycles. The molecule has 0 radical (unpaired) electrons. The van der Waals surface area contributed by atoms with Gasteiger partial charge in [0, 0.05) is 21.7 Å². The van der Waals surface area contributed by atoms with Crippen molar-refractivity contribution in [2.24, 2.45) is 0 Å². The maximum Gasteiger partial charge on any atom is 0.262 e. The van der Waals surface area contributed by atoms with Gasteiger partial charge >= 0.3 is 0 Å². The topological polar surface area (TPSA) is 64.6 Å². The first-order chi connectivity index (χ1) is 11.0. The summed E-state index contributed by atoms with van der Waals surface area (Å²) in [5.41, 5.74) is 1.64. The van der Waals surface area contributed by atoms with E-state index in [1.807, 2.05) is 13.0 Å². The lowest BCUT2D eigenvalue weighted by Crippen LogP contribution is -2.13. The van der Waals surface area contributed by atoms with Crippen LogP contribution in [0.15, 0.2) is 41.3 Å². The number of sulfonamides is 1. The third-order valence-corrected chi connectivity index (χ3v) is 5.99. The van der Waals surface area contributed by atoms with Gasteiger partial charge in [0.1, 0.15) is 0 Å². The van der Waals surface area contributed by atoms with Crippen LogP contribution in [0.2, 0.25) is 0 Å². The minimum absolute atomic E-state index is 0.150. The molecule has 0 spiro atoms. The molecule has 1 aliphatic heterocycles. The van der Waals surface area contributed by atoms with Crippen molar-refractivity contribution in [3.63, 3.8) is 0 Å². The maximum absolute atomic E-state index is 12.6. The molecule has 5 nitrogen and oxygen atoms in total. The molecule has 3 rings (SSSR count). The highest BCUT2D eigenvalue weighted by molar-refractivity contribution is 14.1. The van der Waals surface area contributed by atoms with Crippen molar-refractivity contribution < 1.29 is 17.9 Å². The summed E-state index contributed by atoms with van der Waals surface area (Å²) in [4.78, 5) is 0.150. The van der Waals surface area contributed by atoms with E-state index in [4.69, 9.17) is 9.47 Å². The van der Waals surface area contributed by atoms with Gasteiger partial charge in [-0.25, -0.2) is 8.42 Å². The van der Waals surface area contributed by atoms with E-state index in [1.54, 1.807) is 18.2 Å². The first kappa shape index (κ1) is 16.4. The summed E-state index contributed by atoms with van der Waals surface area (Å²) in [5, 5.41) is 0. The quantitative estimate of drug-likeness (QED) is 0.735. The second-order valence-electron chi connectivity index (χ2n) is 5.23. The van der Waals surface area contributed by atoms with Crippen LogP contribution in [-0.4, -0.2) is 21.6 Å². The summed E-state index contributed by atoms with van der Waals surface area (Å²) in [6.07, 6.45) is 0.775. The van der Waals surface area contributed by atoms with E-state index in [0.29, 0.717) is 30.4 Å². The molecule has 1 heterocycles. The first-order valence-corrected chi connectivity index (χ1v) is 9.70. The molecule has 23 heavy (non-hydrogen) atoms. The predicted octanol–water partition coefficient (Wildman–Crippen LogP) is 3.56. The zero-order chi connectivity index (χ0) is 16.4. The molecule has 0 fully saturated rings. The van der Waals surface area contributed by atoms with Crippen LogP contribution in [0.3, 0.4) is 0 Å². The second-order valence-corrected chi connectivity index (χ2v) is 8.07. The fourth-order valence-electron chi connectivity index (χ4n) is 2.18. The Bertz CT molecular complexity index is 836. The summed E-state index contributed by atoms with van der Waals surface area (Å²) in [6, 6.07) is 10.1. The standard InChI is InChI=1S/C16H16INO4S/c1-11-3-4-12(9-14(11)17)18-23(19,20)13-5-6-15-16(10-13)22-8-2-7-21-15/h3-6,9-10,18H,2,7-8H2,1H3. The fraction of sp³-hybridized carbons (Fsp3) is 0.250. The number of ether oxygens (including phenoxy) is 2. The zero-order valence-corrected chi connectivity index (χ0v) is 15.5. The Balaban J connectivity index is 1.90. The Morgan fingerprint density at radius 1 is 1.04 bits per heavy atom. The molecule has 0 saturated carbocycles. The van der Waals surface area contributed by atoms with Gasteiger partial charge in [0.15, 0.2) is 11.5 Å². The van der Waals surface area contributed by atoms with Gasteiger partial charge in [0.25, 0.3) is 10.0 Å². The monoisotopic (exact) mass is 445 g/mol. The van der Waals surface area contributed by atoms with Gasteiger partial charge in [-0.15, -0.1) is 0 Å². The van der Waals surface area contributed by atoms with Gasteiger partial charge in [-0.2, -0.15) is 0 Å². The van der Waals surface area contributed by atoms with Crippen LogP contribution < -0.4 is 14.2 Å². The summed E-state index contributed by atoms with van der Waals surface area (Å²) < 4.78 is 39.8. The number of nitrogens with one attached hydrogen (secondary N) is 1. The number of anilines is 1. The third-order valence-electron chi connectivity index (χ3n) is 3.45. The van der Waals surface area contributed by atoms with E-state index in [9.17, 15) is 8.42 Å². The lowest BCUT2D eigenvalue weighted by Gasteiger charge is -2.12. The minimum atomic E-state index is -3.68. The Kier molecular flexibility index (Phi) is 4.67. The van der Waals surface area contributed by atoms with Gasteiger partial charge in [0.05, 0.1) is 18.1 Å². The number of aryl methyl sites for hydroxylation is 1. The average Bonchev–Trinajstić information content (AvgIpc) is 2.75. The molecular weight excluding hydrogens is 429 g/mol. The Labute approximate surface area is 149 Å². The molecule has 0 unspecified atom stereocenters. The molecule has 7 heteroatoms. The number of benzene rings is 2. The number of rotatable bonds is 3. The molecular formula is C16H16INO4S. The molecule has 2 aromatic rings. The molecule has 0 aliphatic carbocycles. The van der Waals surface area contributed by atoms with Crippen LogP contribution >= 0.6 is 22.6 Å². The van der Waals surface area contributed by atoms with Crippen molar-refractivity contribution in [3.8, 4) is 11.5 Å². The second kappa shape index (κ2) is 6.56. The SMILES string of the molecule is Cc1ccc(NS(=O)(=O)c2ccc3c(c2)OCCCO3)cc1I. The highest BCUT2D eigenvalue weighted by Crippen LogP contribution is 2.32. The van der Waals surface area contributed by atoms with E-state index < -0.39 is 10.0 Å². The largest absolute Gasteiger partial charge is 0.490 e. The van der Waals surface area contributed by atoms with Gasteiger partial charge in [-0.05, 0) is 59.3 Å². The van der Waals surface area contributed by atoms with Crippen molar-refractivity contribution in [2.45, 2.75) is 18.2 Å². The minimum Gasteiger partial charge on any atom is -0.490 e. The number of hydrogen-bond acceptors (Lipinski definition) is 4. The summed E-state index contributed by atoms with van der Waals surface area (Å²) in [7, 11) is -3.68. The highest BCUT2D eigenvalue weighted by atomic mass is 127. The summed E-state index contributed by atoms with van der Waals surface area (Å²) in [5.74, 6) is 1.04. The molecule has 122 valence electrons. The summed E-state index contributed by atoms with van der Waals surface area (Å²) >= 11 is 2.18. The normalized spacial score (nSPS) is 14.2. The maximum atomic E-state index is 12.6. The van der Waals surface area contributed by atoms with Crippen molar-refractivity contribution in [1.82, 2.24) is 0 Å². The molecule has 0 atom stereocenters. The number of hydrogen-bond donors (Lipinski definition) is 1. The van der Waals surface area contributed by atoms with Crippen molar-refractivity contribution in [1.29, 1.82) is 0 Å². The van der Waals surface area contributed by atoms with Crippen molar-refractivity contribution in [2.75, 3.05) is 17.9 Å². The zero-order valence-electron chi connectivity index (χ0n) is 12.5. The van der Waals surface area contributed by atoms with E-state index in [-0.39, 0.29) is 4.90 Å². The molecule has 1 aliphatic rings. The molecule has 1 N–H and O–H groups in total. The van der Waals surface area contributed by atoms with E-state index >= 15 is 0 Å². The Morgan fingerprint density at radius 2 is 1.78 bits per heavy atom. The van der Waals surface area contributed by atoms with Crippen LogP contribution in [-0.2, 0) is 10.0 Å². The van der Waals surface area contributed by atoms with Crippen LogP contribution in [0.5, 0.6) is 11.5 Å². The Hall–Kier alpha value is -1.48. The predicted molar refractivity (Wildman–Crippen MR) is 96.8 cm³/mol. The molecule has 0 amide bonds. The molecule has 0 saturated heterocycles.